The first-order chi connectivity index (χ1) is 39.1. The molecule has 2 heterocycles. The molecule has 2 aliphatic heterocycles. The molecule has 0 spiro atoms. The van der Waals surface area contributed by atoms with Crippen molar-refractivity contribution in [2.24, 2.45) is 0 Å². The number of ether oxygens (including phenoxy) is 4. The van der Waals surface area contributed by atoms with Crippen LogP contribution in [0.3, 0.4) is 0 Å². The summed E-state index contributed by atoms with van der Waals surface area (Å²) < 4.78 is 22.8. The van der Waals surface area contributed by atoms with Gasteiger partial charge in [0.25, 0.3) is 0 Å². The highest BCUT2D eigenvalue weighted by Gasteiger charge is 2.51. The normalized spacial score (nSPS) is 24.6. The van der Waals surface area contributed by atoms with E-state index in [-0.39, 0.29) is 18.9 Å². The van der Waals surface area contributed by atoms with E-state index < -0.39 is 86.8 Å². The Kier molecular flexibility index (Phi) is 47.2. The molecule has 2 rings (SSSR count). The van der Waals surface area contributed by atoms with Crippen LogP contribution in [0.4, 0.5) is 0 Å². The number of aliphatic hydroxyl groups is 8. The van der Waals surface area contributed by atoms with Gasteiger partial charge in [-0.15, -0.1) is 0 Å². The third kappa shape index (κ3) is 35.7. The number of hydrogen-bond donors (Lipinski definition) is 9. The van der Waals surface area contributed by atoms with Gasteiger partial charge in [0.2, 0.25) is 5.91 Å². The summed E-state index contributed by atoms with van der Waals surface area (Å²) >= 11 is 0. The SMILES string of the molecule is CC/C=C\C/C=C\C/C=C\C/C=C\CCCCCCCCCCC(=O)NC(COC1OC(CO)C(OC2OC(CO)C(O)C(O)C2O)C(O)C1O)C(O)/C=C/CCCCCCCCCCCCCCCCCCCCCCCCC. The predicted molar refractivity (Wildman–Crippen MR) is 323 cm³/mol. The molecular formula is C66H119NO13. The summed E-state index contributed by atoms with van der Waals surface area (Å²) in [6, 6.07) is -0.923. The van der Waals surface area contributed by atoms with Crippen LogP contribution >= 0.6 is 0 Å². The second-order valence-corrected chi connectivity index (χ2v) is 22.9. The molecule has 2 saturated heterocycles. The van der Waals surface area contributed by atoms with E-state index in [2.05, 4.69) is 67.8 Å². The first kappa shape index (κ1) is 73.8. The fraction of sp³-hybridized carbons (Fsp3) is 0.833. The van der Waals surface area contributed by atoms with Gasteiger partial charge in [-0.2, -0.15) is 0 Å². The molecule has 14 heteroatoms. The highest BCUT2D eigenvalue weighted by molar-refractivity contribution is 5.76. The summed E-state index contributed by atoms with van der Waals surface area (Å²) in [7, 11) is 0. The van der Waals surface area contributed by atoms with Gasteiger partial charge in [-0.1, -0.05) is 254 Å². The molecule has 0 bridgehead atoms. The zero-order valence-electron chi connectivity index (χ0n) is 50.3. The van der Waals surface area contributed by atoms with Crippen molar-refractivity contribution in [1.29, 1.82) is 0 Å². The molecule has 0 aromatic carbocycles. The zero-order chi connectivity index (χ0) is 58.1. The minimum absolute atomic E-state index is 0.247. The molecule has 0 aromatic rings. The lowest BCUT2D eigenvalue weighted by molar-refractivity contribution is -0.359. The number of allylic oxidation sites excluding steroid dienone is 9. The molecule has 12 atom stereocenters. The number of unbranched alkanes of at least 4 members (excludes halogenated alkanes) is 31. The van der Waals surface area contributed by atoms with Gasteiger partial charge in [-0.3, -0.25) is 4.79 Å². The molecule has 12 unspecified atom stereocenters. The number of rotatable bonds is 52. The van der Waals surface area contributed by atoms with Crippen molar-refractivity contribution in [3.05, 3.63) is 60.8 Å². The van der Waals surface area contributed by atoms with E-state index in [4.69, 9.17) is 18.9 Å². The maximum Gasteiger partial charge on any atom is 0.220 e. The van der Waals surface area contributed by atoms with Crippen LogP contribution in [0.2, 0.25) is 0 Å². The van der Waals surface area contributed by atoms with E-state index >= 15 is 0 Å². The Bertz CT molecular complexity index is 1570. The van der Waals surface area contributed by atoms with Crippen molar-refractivity contribution in [3.63, 3.8) is 0 Å². The minimum atomic E-state index is -1.79. The Labute approximate surface area is 486 Å². The Morgan fingerprint density at radius 2 is 0.863 bits per heavy atom. The van der Waals surface area contributed by atoms with Crippen LogP contribution in [0.1, 0.15) is 258 Å². The van der Waals surface area contributed by atoms with Gasteiger partial charge < -0.3 is 65.1 Å². The lowest BCUT2D eigenvalue weighted by atomic mass is 9.97. The van der Waals surface area contributed by atoms with Crippen molar-refractivity contribution in [2.75, 3.05) is 19.8 Å². The van der Waals surface area contributed by atoms with Crippen LogP contribution in [-0.2, 0) is 23.7 Å². The van der Waals surface area contributed by atoms with Gasteiger partial charge in [0.05, 0.1) is 32.0 Å². The van der Waals surface area contributed by atoms with Crippen LogP contribution in [0.25, 0.3) is 0 Å². The Hall–Kier alpha value is -2.31. The first-order valence-electron chi connectivity index (χ1n) is 32.5. The summed E-state index contributed by atoms with van der Waals surface area (Å²) in [5, 5.41) is 87.3. The summed E-state index contributed by atoms with van der Waals surface area (Å²) in [6.45, 7) is 2.70. The van der Waals surface area contributed by atoms with Crippen molar-refractivity contribution < 1.29 is 64.6 Å². The number of hydrogen-bond acceptors (Lipinski definition) is 13. The Morgan fingerprint density at radius 1 is 0.463 bits per heavy atom. The van der Waals surface area contributed by atoms with E-state index in [1.807, 2.05) is 6.08 Å². The third-order valence-corrected chi connectivity index (χ3v) is 15.7. The minimum Gasteiger partial charge on any atom is -0.394 e. The summed E-state index contributed by atoms with van der Waals surface area (Å²) in [6.07, 6.45) is 49.7. The molecule has 80 heavy (non-hydrogen) atoms. The zero-order valence-corrected chi connectivity index (χ0v) is 50.3. The number of amides is 1. The van der Waals surface area contributed by atoms with Gasteiger partial charge in [0, 0.05) is 6.42 Å². The molecule has 2 aliphatic rings. The summed E-state index contributed by atoms with van der Waals surface area (Å²) in [5.74, 6) is -0.247. The van der Waals surface area contributed by atoms with E-state index in [0.717, 1.165) is 70.6 Å². The highest BCUT2D eigenvalue weighted by atomic mass is 16.7. The molecule has 9 N–H and O–H groups in total. The summed E-state index contributed by atoms with van der Waals surface area (Å²) in [4.78, 5) is 13.3. The number of carbonyl (C=O) groups is 1. The van der Waals surface area contributed by atoms with Gasteiger partial charge in [0.15, 0.2) is 12.6 Å². The average Bonchev–Trinajstić information content (AvgIpc) is 3.46. The molecule has 1 amide bonds. The average molecular weight is 1130 g/mol. The standard InChI is InChI=1S/C66H119NO13/c1-3-5-7-9-11-13-15-17-19-21-23-25-26-27-28-30-31-33-35-37-39-41-43-45-47-49-55(70)54(53-77-65-63(76)61(74)64(57(52-69)79-65)80-66-62(75)60(73)59(72)56(51-68)78-66)67-58(71)50-48-46-44-42-40-38-36-34-32-29-24-22-20-18-16-14-12-10-8-6-4-2/h6,8,12,14,18,20,24,29,47,49,54-57,59-66,68-70,72-76H,3-5,7,9-11,13,15-17,19,21-23,25-28,30-46,48,50-53H2,1-2H3,(H,67,71)/b8-6-,14-12-,20-18-,29-24-,49-47+. The maximum absolute atomic E-state index is 13.3. The largest absolute Gasteiger partial charge is 0.394 e. The topological polar surface area (TPSA) is 228 Å². The quantitative estimate of drug-likeness (QED) is 0.0204. The van der Waals surface area contributed by atoms with Crippen LogP contribution in [0, 0.1) is 0 Å². The van der Waals surface area contributed by atoms with Gasteiger partial charge in [-0.05, 0) is 57.8 Å². The van der Waals surface area contributed by atoms with Crippen LogP contribution < -0.4 is 5.32 Å². The Morgan fingerprint density at radius 3 is 1.32 bits per heavy atom. The molecule has 466 valence electrons. The molecule has 0 aromatic heterocycles. The van der Waals surface area contributed by atoms with Gasteiger partial charge in [-0.25, -0.2) is 0 Å². The molecular weight excluding hydrogens is 1010 g/mol. The second-order valence-electron chi connectivity index (χ2n) is 22.9. The lowest BCUT2D eigenvalue weighted by Gasteiger charge is -2.46. The number of carbonyl (C=O) groups excluding carboxylic acids is 1. The second kappa shape index (κ2) is 51.1. The monoisotopic (exact) mass is 1130 g/mol. The van der Waals surface area contributed by atoms with E-state index in [1.165, 1.54) is 161 Å². The molecule has 0 saturated carbocycles. The summed E-state index contributed by atoms with van der Waals surface area (Å²) in [5.41, 5.74) is 0. The third-order valence-electron chi connectivity index (χ3n) is 15.7. The van der Waals surface area contributed by atoms with E-state index in [0.29, 0.717) is 6.42 Å². The van der Waals surface area contributed by atoms with Crippen LogP contribution in [-0.4, -0.2) is 140 Å². The van der Waals surface area contributed by atoms with Crippen molar-refractivity contribution in [2.45, 2.75) is 331 Å². The van der Waals surface area contributed by atoms with Crippen molar-refractivity contribution in [1.82, 2.24) is 5.32 Å². The number of aliphatic hydroxyl groups excluding tert-OH is 8. The van der Waals surface area contributed by atoms with Crippen LogP contribution in [0.15, 0.2) is 60.8 Å². The fourth-order valence-electron chi connectivity index (χ4n) is 10.5. The van der Waals surface area contributed by atoms with E-state index in [1.54, 1.807) is 6.08 Å². The van der Waals surface area contributed by atoms with Gasteiger partial charge >= 0.3 is 0 Å². The molecule has 2 fully saturated rings. The van der Waals surface area contributed by atoms with Gasteiger partial charge in [0.1, 0.15) is 48.8 Å². The fourth-order valence-corrected chi connectivity index (χ4v) is 10.5. The van der Waals surface area contributed by atoms with E-state index in [9.17, 15) is 45.6 Å². The number of nitrogens with one attached hydrogen (secondary N) is 1. The highest BCUT2D eigenvalue weighted by Crippen LogP contribution is 2.30. The van der Waals surface area contributed by atoms with Crippen molar-refractivity contribution in [3.8, 4) is 0 Å². The maximum atomic E-state index is 13.3. The predicted octanol–water partition coefficient (Wildman–Crippen LogP) is 12.1. The van der Waals surface area contributed by atoms with Crippen LogP contribution in [0.5, 0.6) is 0 Å². The first-order valence-corrected chi connectivity index (χ1v) is 32.5. The Balaban J connectivity index is 1.73. The van der Waals surface area contributed by atoms with Crippen molar-refractivity contribution >= 4 is 5.91 Å². The molecule has 0 radical (unpaired) electrons. The molecule has 0 aliphatic carbocycles. The molecule has 14 nitrogen and oxygen atoms in total. The smallest absolute Gasteiger partial charge is 0.220 e. The lowest BCUT2D eigenvalue weighted by Crippen LogP contribution is -2.65.